The molecule has 41 valence electrons. The second-order valence-corrected chi connectivity index (χ2v) is 28.8. The smallest absolute Gasteiger partial charge is 1.00 e. The molecule has 7 heteroatoms. The van der Waals surface area contributed by atoms with E-state index in [1.165, 1.54) is 0 Å². The standard InChI is InChI=1S/4BrH.Cu.2K/h4*1H;;;/q;;;;+2;2*+1/p-4. The van der Waals surface area contributed by atoms with Gasteiger partial charge in [-0.3, -0.25) is 0 Å². The van der Waals surface area contributed by atoms with Gasteiger partial charge in [-0.2, -0.15) is 0 Å². The molecule has 0 fully saturated rings. The van der Waals surface area contributed by atoms with Crippen LogP contribution in [-0.2, 0) is 5.61 Å². The first kappa shape index (κ1) is 18.5. The van der Waals surface area contributed by atoms with Gasteiger partial charge in [0.1, 0.15) is 0 Å². The van der Waals surface area contributed by atoms with E-state index in [0.717, 1.165) is 0 Å². The van der Waals surface area contributed by atoms with Crippen molar-refractivity contribution in [3.05, 3.63) is 0 Å². The fourth-order valence-corrected chi connectivity index (χ4v) is 0. The molecule has 0 aliphatic heterocycles. The molecular weight excluding hydrogens is 461 g/mol. The monoisotopic (exact) mass is 457 g/mol. The van der Waals surface area contributed by atoms with Crippen LogP contribution in [0.4, 0.5) is 0 Å². The number of rotatable bonds is 0. The SMILES string of the molecule is [Br][Cu-2]([Br])([Br])[Br].[K+].[K+]. The Morgan fingerprint density at radius 3 is 0.714 bits per heavy atom. The third-order valence-electron chi connectivity index (χ3n) is 0. The van der Waals surface area contributed by atoms with Crippen LogP contribution in [0.1, 0.15) is 0 Å². The Balaban J connectivity index is -0.0000000800. The first-order valence-corrected chi connectivity index (χ1v) is 9.77. The zero-order chi connectivity index (χ0) is 4.50. The Morgan fingerprint density at radius 2 is 0.714 bits per heavy atom. The fourth-order valence-electron chi connectivity index (χ4n) is 0. The topological polar surface area (TPSA) is 0 Å². The van der Waals surface area contributed by atoms with Gasteiger partial charge in [0.05, 0.1) is 0 Å². The average Bonchev–Trinajstić information content (AvgIpc) is 0.722. The zero-order valence-electron chi connectivity index (χ0n) is 3.81. The minimum absolute atomic E-state index is 0. The van der Waals surface area contributed by atoms with Crippen LogP contribution >= 0.6 is 56.4 Å². The van der Waals surface area contributed by atoms with Crippen LogP contribution in [0.15, 0.2) is 0 Å². The van der Waals surface area contributed by atoms with Crippen molar-refractivity contribution in [1.29, 1.82) is 0 Å². The molecule has 0 rings (SSSR count). The molecule has 0 N–H and O–H groups in total. The van der Waals surface area contributed by atoms with E-state index in [4.69, 9.17) is 0 Å². The summed E-state index contributed by atoms with van der Waals surface area (Å²) >= 11 is 12.8. The van der Waals surface area contributed by atoms with Crippen molar-refractivity contribution in [2.24, 2.45) is 0 Å². The van der Waals surface area contributed by atoms with Crippen LogP contribution in [0.5, 0.6) is 0 Å². The maximum atomic E-state index is 3.20. The van der Waals surface area contributed by atoms with Crippen molar-refractivity contribution < 1.29 is 108 Å². The largest absolute Gasteiger partial charge is 1.00 e. The van der Waals surface area contributed by atoms with Crippen molar-refractivity contribution >= 4 is 56.4 Å². The Kier molecular flexibility index (Phi) is 25.9. The third-order valence-corrected chi connectivity index (χ3v) is 0. The van der Waals surface area contributed by atoms with Crippen LogP contribution in [0.3, 0.4) is 0 Å². The zero-order valence-corrected chi connectivity index (χ0v) is 17.3. The van der Waals surface area contributed by atoms with E-state index in [1.54, 1.807) is 0 Å². The van der Waals surface area contributed by atoms with E-state index in [1.807, 2.05) is 0 Å². The molecule has 0 amide bonds. The Bertz CT molecular complexity index is 25.2. The van der Waals surface area contributed by atoms with Crippen LogP contribution in [0.25, 0.3) is 0 Å². The normalized spacial score (nSPS) is 10.9. The van der Waals surface area contributed by atoms with Gasteiger partial charge in [-0.05, 0) is 0 Å². The fraction of sp³-hybridized carbons (Fsp3) is 0. The van der Waals surface area contributed by atoms with Gasteiger partial charge in [0.2, 0.25) is 0 Å². The molecule has 0 nitrogen and oxygen atoms in total. The molecule has 0 atom stereocenters. The maximum absolute atomic E-state index is 3.20. The Hall–Kier alpha value is 5.71. The van der Waals surface area contributed by atoms with Crippen molar-refractivity contribution in [3.63, 3.8) is 0 Å². The van der Waals surface area contributed by atoms with Crippen molar-refractivity contribution in [3.8, 4) is 0 Å². The summed E-state index contributed by atoms with van der Waals surface area (Å²) in [7, 11) is 0. The van der Waals surface area contributed by atoms with E-state index < -0.39 is 5.61 Å². The van der Waals surface area contributed by atoms with Gasteiger partial charge >= 0.3 is 165 Å². The van der Waals surface area contributed by atoms with Crippen molar-refractivity contribution in [2.75, 3.05) is 0 Å². The summed E-state index contributed by atoms with van der Waals surface area (Å²) in [5.41, 5.74) is -0.875. The molecule has 0 aromatic rings. The summed E-state index contributed by atoms with van der Waals surface area (Å²) in [4.78, 5) is 0. The first-order chi connectivity index (χ1) is 2.00. The van der Waals surface area contributed by atoms with Gasteiger partial charge in [0.25, 0.3) is 0 Å². The van der Waals surface area contributed by atoms with Gasteiger partial charge in [0, 0.05) is 0 Å². The van der Waals surface area contributed by atoms with E-state index in [2.05, 4.69) is 56.4 Å². The van der Waals surface area contributed by atoms with Gasteiger partial charge in [0.15, 0.2) is 0 Å². The van der Waals surface area contributed by atoms with Gasteiger partial charge < -0.3 is 0 Å². The summed E-state index contributed by atoms with van der Waals surface area (Å²) in [5, 5.41) is 0. The molecule has 0 saturated heterocycles. The minimum Gasteiger partial charge on any atom is 1.00 e. The number of halogens is 4. The molecule has 0 saturated carbocycles. The second-order valence-electron chi connectivity index (χ2n) is 0.258. The van der Waals surface area contributed by atoms with Crippen LogP contribution in [-0.4, -0.2) is 0 Å². The van der Waals surface area contributed by atoms with Crippen LogP contribution in [0, 0.1) is 0 Å². The summed E-state index contributed by atoms with van der Waals surface area (Å²) in [6.07, 6.45) is 0. The average molecular weight is 461 g/mol. The molecule has 0 unspecified atom stereocenters. The van der Waals surface area contributed by atoms with E-state index in [9.17, 15) is 0 Å². The maximum Gasteiger partial charge on any atom is 1.00 e. The molecule has 0 heterocycles. The van der Waals surface area contributed by atoms with Gasteiger partial charge in [-0.1, -0.05) is 0 Å². The van der Waals surface area contributed by atoms with Crippen molar-refractivity contribution in [1.82, 2.24) is 0 Å². The van der Waals surface area contributed by atoms with Gasteiger partial charge in [-0.25, -0.2) is 0 Å². The molecule has 0 aromatic carbocycles. The molecule has 0 bridgehead atoms. The molecule has 7 heavy (non-hydrogen) atoms. The quantitative estimate of drug-likeness (QED) is 0.347. The van der Waals surface area contributed by atoms with Crippen molar-refractivity contribution in [2.45, 2.75) is 0 Å². The molecular formula is Br4CuK2. The number of hydrogen-bond acceptors (Lipinski definition) is 0. The molecule has 0 aliphatic rings. The summed E-state index contributed by atoms with van der Waals surface area (Å²) in [6.45, 7) is 0. The third kappa shape index (κ3) is 33.9. The van der Waals surface area contributed by atoms with Crippen LogP contribution in [0.2, 0.25) is 0 Å². The van der Waals surface area contributed by atoms with Crippen LogP contribution < -0.4 is 103 Å². The second kappa shape index (κ2) is 9.80. The molecule has 0 spiro atoms. The predicted octanol–water partition coefficient (Wildman–Crippen LogP) is -2.61. The first-order valence-electron chi connectivity index (χ1n) is 0.456. The Morgan fingerprint density at radius 1 is 0.714 bits per heavy atom. The van der Waals surface area contributed by atoms with E-state index in [-0.39, 0.29) is 103 Å². The molecule has 0 aromatic heterocycles. The van der Waals surface area contributed by atoms with E-state index in [0.29, 0.717) is 0 Å². The summed E-state index contributed by atoms with van der Waals surface area (Å²) in [6, 6.07) is 0. The minimum atomic E-state index is -0.875. The predicted molar refractivity (Wildman–Crippen MR) is 35.7 cm³/mol. The van der Waals surface area contributed by atoms with Gasteiger partial charge in [-0.15, -0.1) is 0 Å². The Labute approximate surface area is 159 Å². The molecule has 0 aliphatic carbocycles. The van der Waals surface area contributed by atoms with E-state index >= 15 is 0 Å². The molecule has 0 radical (unpaired) electrons. The number of hydrogen-bond donors (Lipinski definition) is 0. The summed E-state index contributed by atoms with van der Waals surface area (Å²) < 4.78 is 0. The summed E-state index contributed by atoms with van der Waals surface area (Å²) in [5.74, 6) is 0.